The molecule has 0 atom stereocenters. The Labute approximate surface area is 126 Å². The number of hydrogen-bond donors (Lipinski definition) is 0. The molecule has 0 unspecified atom stereocenters. The van der Waals surface area contributed by atoms with Gasteiger partial charge < -0.3 is 9.47 Å². The monoisotopic (exact) mass is 296 g/mol. The minimum absolute atomic E-state index is 0.139. The van der Waals surface area contributed by atoms with Crippen LogP contribution in [0, 0.1) is 5.92 Å². The summed E-state index contributed by atoms with van der Waals surface area (Å²) < 4.78 is 11.0. The van der Waals surface area contributed by atoms with E-state index in [1.54, 1.807) is 17.8 Å². The maximum Gasteiger partial charge on any atom is 0.172 e. The molecule has 112 valence electrons. The molecule has 0 saturated carbocycles. The fraction of sp³-hybridized carbons (Fsp3) is 0.562. The molecule has 0 aliphatic carbocycles. The van der Waals surface area contributed by atoms with Crippen molar-refractivity contribution < 1.29 is 14.3 Å². The summed E-state index contributed by atoms with van der Waals surface area (Å²) in [5, 5.41) is 0. The number of carbonyl (C=O) groups excluding carboxylic acids is 1. The molecule has 0 fully saturated rings. The second-order valence-electron chi connectivity index (χ2n) is 4.86. The Morgan fingerprint density at radius 3 is 2.40 bits per heavy atom. The highest BCUT2D eigenvalue weighted by molar-refractivity contribution is 7.99. The third kappa shape index (κ3) is 5.45. The Bertz CT molecular complexity index is 430. The SMILES string of the molecule is CCOc1ccc(C(=O)CSCC(C)C)cc1OCC. The number of hydrogen-bond acceptors (Lipinski definition) is 4. The summed E-state index contributed by atoms with van der Waals surface area (Å²) in [7, 11) is 0. The van der Waals surface area contributed by atoms with Crippen molar-refractivity contribution in [3.63, 3.8) is 0 Å². The number of ether oxygens (including phenoxy) is 2. The molecule has 1 rings (SSSR count). The highest BCUT2D eigenvalue weighted by atomic mass is 32.2. The van der Waals surface area contributed by atoms with E-state index in [4.69, 9.17) is 9.47 Å². The third-order valence-corrected chi connectivity index (χ3v) is 3.92. The van der Waals surface area contributed by atoms with Gasteiger partial charge in [-0.15, -0.1) is 0 Å². The first-order chi connectivity index (χ1) is 9.58. The lowest BCUT2D eigenvalue weighted by molar-refractivity contribution is 0.102. The summed E-state index contributed by atoms with van der Waals surface area (Å²) in [6.07, 6.45) is 0. The van der Waals surface area contributed by atoms with Crippen molar-refractivity contribution in [2.75, 3.05) is 24.7 Å². The molecular weight excluding hydrogens is 272 g/mol. The number of rotatable bonds is 9. The van der Waals surface area contributed by atoms with Gasteiger partial charge in [0.05, 0.1) is 19.0 Å². The Kier molecular flexibility index (Phi) is 7.52. The predicted octanol–water partition coefficient (Wildman–Crippen LogP) is 4.06. The molecular formula is C16H24O3S. The molecule has 0 heterocycles. The molecule has 0 bridgehead atoms. The minimum atomic E-state index is 0.139. The Balaban J connectivity index is 2.74. The topological polar surface area (TPSA) is 35.5 Å². The maximum absolute atomic E-state index is 12.1. The molecule has 4 heteroatoms. The van der Waals surface area contributed by atoms with Crippen molar-refractivity contribution in [1.82, 2.24) is 0 Å². The summed E-state index contributed by atoms with van der Waals surface area (Å²) >= 11 is 1.68. The molecule has 0 aliphatic rings. The third-order valence-electron chi connectivity index (χ3n) is 2.55. The van der Waals surface area contributed by atoms with Crippen LogP contribution in [0.25, 0.3) is 0 Å². The van der Waals surface area contributed by atoms with Crippen molar-refractivity contribution in [2.45, 2.75) is 27.7 Å². The van der Waals surface area contributed by atoms with E-state index < -0.39 is 0 Å². The predicted molar refractivity (Wildman–Crippen MR) is 85.3 cm³/mol. The van der Waals surface area contributed by atoms with Gasteiger partial charge in [0.15, 0.2) is 17.3 Å². The van der Waals surface area contributed by atoms with Crippen molar-refractivity contribution in [3.05, 3.63) is 23.8 Å². The average molecular weight is 296 g/mol. The molecule has 0 saturated heterocycles. The lowest BCUT2D eigenvalue weighted by Crippen LogP contribution is -2.06. The molecule has 0 aliphatic heterocycles. The average Bonchev–Trinajstić information content (AvgIpc) is 2.40. The first-order valence-electron chi connectivity index (χ1n) is 7.09. The Morgan fingerprint density at radius 1 is 1.15 bits per heavy atom. The molecule has 0 radical (unpaired) electrons. The van der Waals surface area contributed by atoms with E-state index in [1.807, 2.05) is 26.0 Å². The summed E-state index contributed by atoms with van der Waals surface area (Å²) in [6.45, 7) is 9.29. The van der Waals surface area contributed by atoms with Gasteiger partial charge >= 0.3 is 0 Å². The van der Waals surface area contributed by atoms with E-state index in [0.29, 0.717) is 41.9 Å². The van der Waals surface area contributed by atoms with E-state index in [-0.39, 0.29) is 5.78 Å². The van der Waals surface area contributed by atoms with E-state index in [1.165, 1.54) is 0 Å². The van der Waals surface area contributed by atoms with E-state index in [2.05, 4.69) is 13.8 Å². The van der Waals surface area contributed by atoms with Crippen LogP contribution in [0.4, 0.5) is 0 Å². The van der Waals surface area contributed by atoms with Gasteiger partial charge in [-0.3, -0.25) is 4.79 Å². The normalized spacial score (nSPS) is 10.7. The summed E-state index contributed by atoms with van der Waals surface area (Å²) in [6, 6.07) is 5.41. The van der Waals surface area contributed by atoms with Gasteiger partial charge in [-0.1, -0.05) is 13.8 Å². The number of thioether (sulfide) groups is 1. The first kappa shape index (κ1) is 16.9. The van der Waals surface area contributed by atoms with Crippen LogP contribution in [0.15, 0.2) is 18.2 Å². The van der Waals surface area contributed by atoms with Gasteiger partial charge in [-0.2, -0.15) is 11.8 Å². The van der Waals surface area contributed by atoms with Gasteiger partial charge in [0.25, 0.3) is 0 Å². The van der Waals surface area contributed by atoms with Crippen LogP contribution in [0.5, 0.6) is 11.5 Å². The van der Waals surface area contributed by atoms with Gasteiger partial charge in [0.2, 0.25) is 0 Å². The van der Waals surface area contributed by atoms with Crippen LogP contribution in [-0.2, 0) is 0 Å². The van der Waals surface area contributed by atoms with Crippen molar-refractivity contribution in [1.29, 1.82) is 0 Å². The van der Waals surface area contributed by atoms with Gasteiger partial charge in [0.1, 0.15) is 0 Å². The smallest absolute Gasteiger partial charge is 0.172 e. The van der Waals surface area contributed by atoms with Gasteiger partial charge in [0, 0.05) is 5.56 Å². The largest absolute Gasteiger partial charge is 0.490 e. The Morgan fingerprint density at radius 2 is 1.80 bits per heavy atom. The zero-order chi connectivity index (χ0) is 15.0. The van der Waals surface area contributed by atoms with E-state index in [0.717, 1.165) is 5.75 Å². The molecule has 0 N–H and O–H groups in total. The van der Waals surface area contributed by atoms with E-state index >= 15 is 0 Å². The maximum atomic E-state index is 12.1. The van der Waals surface area contributed by atoms with Crippen molar-refractivity contribution in [2.24, 2.45) is 5.92 Å². The molecule has 1 aromatic carbocycles. The quantitative estimate of drug-likeness (QED) is 0.644. The molecule has 0 amide bonds. The fourth-order valence-electron chi connectivity index (χ4n) is 1.70. The number of ketones is 1. The minimum Gasteiger partial charge on any atom is -0.490 e. The van der Waals surface area contributed by atoms with Crippen LogP contribution in [0.2, 0.25) is 0 Å². The highest BCUT2D eigenvalue weighted by Gasteiger charge is 2.11. The Hall–Kier alpha value is -1.16. The van der Waals surface area contributed by atoms with Crippen LogP contribution in [-0.4, -0.2) is 30.5 Å². The lowest BCUT2D eigenvalue weighted by atomic mass is 10.1. The molecule has 3 nitrogen and oxygen atoms in total. The highest BCUT2D eigenvalue weighted by Crippen LogP contribution is 2.29. The van der Waals surface area contributed by atoms with Crippen LogP contribution in [0.3, 0.4) is 0 Å². The first-order valence-corrected chi connectivity index (χ1v) is 8.24. The van der Waals surface area contributed by atoms with Crippen LogP contribution >= 0.6 is 11.8 Å². The number of carbonyl (C=O) groups is 1. The molecule has 20 heavy (non-hydrogen) atoms. The second kappa shape index (κ2) is 8.90. The van der Waals surface area contributed by atoms with Crippen LogP contribution in [0.1, 0.15) is 38.1 Å². The summed E-state index contributed by atoms with van der Waals surface area (Å²) in [5.74, 6) is 3.60. The molecule has 0 aromatic heterocycles. The van der Waals surface area contributed by atoms with Gasteiger partial charge in [-0.05, 0) is 43.7 Å². The standard InChI is InChI=1S/C16H24O3S/c1-5-18-15-8-7-13(9-16(15)19-6-2)14(17)11-20-10-12(3)4/h7-9,12H,5-6,10-11H2,1-4H3. The van der Waals surface area contributed by atoms with E-state index in [9.17, 15) is 4.79 Å². The summed E-state index contributed by atoms with van der Waals surface area (Å²) in [5.41, 5.74) is 0.688. The molecule has 0 spiro atoms. The zero-order valence-electron chi connectivity index (χ0n) is 12.8. The fourth-order valence-corrected chi connectivity index (χ4v) is 2.64. The lowest BCUT2D eigenvalue weighted by Gasteiger charge is -2.12. The van der Waals surface area contributed by atoms with Crippen molar-refractivity contribution in [3.8, 4) is 11.5 Å². The van der Waals surface area contributed by atoms with Gasteiger partial charge in [-0.25, -0.2) is 0 Å². The number of benzene rings is 1. The summed E-state index contributed by atoms with van der Waals surface area (Å²) in [4.78, 5) is 12.1. The van der Waals surface area contributed by atoms with Crippen LogP contribution < -0.4 is 9.47 Å². The zero-order valence-corrected chi connectivity index (χ0v) is 13.6. The number of Topliss-reactive ketones (excluding diaryl/α,β-unsaturated/α-hetero) is 1. The second-order valence-corrected chi connectivity index (χ2v) is 5.89. The molecule has 1 aromatic rings. The van der Waals surface area contributed by atoms with Crippen molar-refractivity contribution >= 4 is 17.5 Å².